The highest BCUT2D eigenvalue weighted by molar-refractivity contribution is 5.99. The van der Waals surface area contributed by atoms with Gasteiger partial charge in [0.25, 0.3) is 0 Å². The standard InChI is InChI=1S/C66H68N4O/c1-63(2,3)44-29-27-42(28-30-44)51-23-18-24-52(43-35-46(65(7,8)9)37-47(36-43)66(10,11)12)60(51)69-41-68(57-25-15-16-26-58(57)69)48-19-17-20-49(39-48)71-50-31-32-55-56(40-50)62-54-22-14-13-21-53(54)61(55)70(62)59-38-45(33-34-67-59)64(4,5)6/h13-40,61-62H,41H2,1-12H3. The normalized spacial score (nSPS) is 16.3. The number of nitrogens with zero attached hydrogens (tertiary/aromatic N) is 4. The second-order valence-corrected chi connectivity index (χ2v) is 24.2. The third-order valence-corrected chi connectivity index (χ3v) is 15.1. The van der Waals surface area contributed by atoms with Gasteiger partial charge in [0.1, 0.15) is 24.0 Å². The minimum absolute atomic E-state index is 0.0165. The summed E-state index contributed by atoms with van der Waals surface area (Å²) in [6.07, 6.45) is 1.97. The summed E-state index contributed by atoms with van der Waals surface area (Å²) in [4.78, 5) is 12.5. The van der Waals surface area contributed by atoms with Crippen molar-refractivity contribution in [3.63, 3.8) is 0 Å². The van der Waals surface area contributed by atoms with E-state index in [0.717, 1.165) is 28.7 Å². The van der Waals surface area contributed by atoms with Gasteiger partial charge >= 0.3 is 0 Å². The smallest absolute Gasteiger partial charge is 0.130 e. The Labute approximate surface area is 422 Å². The molecule has 1 aromatic heterocycles. The Hall–Kier alpha value is -7.11. The number of para-hydroxylation sites is 3. The Morgan fingerprint density at radius 3 is 1.61 bits per heavy atom. The van der Waals surface area contributed by atoms with Crippen molar-refractivity contribution in [1.82, 2.24) is 4.98 Å². The molecule has 8 aromatic rings. The van der Waals surface area contributed by atoms with Gasteiger partial charge in [-0.2, -0.15) is 0 Å². The largest absolute Gasteiger partial charge is 0.457 e. The van der Waals surface area contributed by atoms with E-state index in [2.05, 4.69) is 262 Å². The molecule has 3 aliphatic heterocycles. The maximum Gasteiger partial charge on any atom is 0.130 e. The lowest BCUT2D eigenvalue weighted by Crippen LogP contribution is -2.25. The predicted molar refractivity (Wildman–Crippen MR) is 298 cm³/mol. The molecule has 2 atom stereocenters. The molecule has 0 amide bonds. The quantitative estimate of drug-likeness (QED) is 0.159. The van der Waals surface area contributed by atoms with Gasteiger partial charge < -0.3 is 19.4 Å². The first-order valence-electron chi connectivity index (χ1n) is 25.5. The minimum Gasteiger partial charge on any atom is -0.457 e. The Balaban J connectivity index is 0.969. The molecule has 2 bridgehead atoms. The van der Waals surface area contributed by atoms with Crippen molar-refractivity contribution in [2.45, 2.75) is 117 Å². The lowest BCUT2D eigenvalue weighted by molar-refractivity contribution is 0.482. The van der Waals surface area contributed by atoms with Crippen LogP contribution in [0.3, 0.4) is 0 Å². The van der Waals surface area contributed by atoms with Crippen LogP contribution in [0.25, 0.3) is 22.3 Å². The van der Waals surface area contributed by atoms with E-state index in [1.165, 1.54) is 78.1 Å². The summed E-state index contributed by atoms with van der Waals surface area (Å²) in [6, 6.07) is 61.1. The molecule has 0 N–H and O–H groups in total. The summed E-state index contributed by atoms with van der Waals surface area (Å²) in [5.41, 5.74) is 20.1. The molecule has 2 unspecified atom stereocenters. The zero-order chi connectivity index (χ0) is 49.8. The molecule has 7 aromatic carbocycles. The highest BCUT2D eigenvalue weighted by Gasteiger charge is 2.48. The Morgan fingerprint density at radius 2 is 0.972 bits per heavy atom. The monoisotopic (exact) mass is 933 g/mol. The number of hydrogen-bond donors (Lipinski definition) is 0. The molecule has 5 heteroatoms. The van der Waals surface area contributed by atoms with Gasteiger partial charge in [0.05, 0.1) is 29.1 Å². The van der Waals surface area contributed by atoms with Gasteiger partial charge in [0.15, 0.2) is 0 Å². The molecule has 0 fully saturated rings. The Morgan fingerprint density at radius 1 is 0.423 bits per heavy atom. The fourth-order valence-electron chi connectivity index (χ4n) is 11.1. The predicted octanol–water partition coefficient (Wildman–Crippen LogP) is 17.7. The number of anilines is 5. The van der Waals surface area contributed by atoms with Gasteiger partial charge in [-0.15, -0.1) is 0 Å². The number of pyridine rings is 1. The second kappa shape index (κ2) is 16.8. The van der Waals surface area contributed by atoms with Crippen molar-refractivity contribution in [3.8, 4) is 33.8 Å². The van der Waals surface area contributed by atoms with E-state index in [4.69, 9.17) is 9.72 Å². The molecule has 0 saturated heterocycles. The van der Waals surface area contributed by atoms with Crippen LogP contribution in [0.4, 0.5) is 28.6 Å². The SMILES string of the molecule is CC(C)(C)c1ccc(-c2cccc(-c3cc(C(C)(C)C)cc(C(C)(C)C)c3)c2N2CN(c3cccc(Oc4ccc5c(c4)C4c6ccccc6C5N4c4cc(C(C)(C)C)ccn4)c3)c3ccccc32)cc1. The van der Waals surface area contributed by atoms with Crippen LogP contribution in [0.2, 0.25) is 0 Å². The molecule has 358 valence electrons. The van der Waals surface area contributed by atoms with E-state index < -0.39 is 0 Å². The summed E-state index contributed by atoms with van der Waals surface area (Å²) in [7, 11) is 0. The van der Waals surface area contributed by atoms with Crippen molar-refractivity contribution < 1.29 is 4.74 Å². The summed E-state index contributed by atoms with van der Waals surface area (Å²) in [6.45, 7) is 28.2. The third kappa shape index (κ3) is 8.27. The Kier molecular flexibility index (Phi) is 10.9. The van der Waals surface area contributed by atoms with E-state index in [9.17, 15) is 0 Å². The highest BCUT2D eigenvalue weighted by Crippen LogP contribution is 2.59. The molecule has 4 heterocycles. The first-order chi connectivity index (χ1) is 33.7. The van der Waals surface area contributed by atoms with Crippen molar-refractivity contribution in [2.24, 2.45) is 0 Å². The van der Waals surface area contributed by atoms with Gasteiger partial charge in [0, 0.05) is 29.1 Å². The van der Waals surface area contributed by atoms with Crippen molar-refractivity contribution >= 4 is 28.6 Å². The molecule has 0 spiro atoms. The average molecular weight is 933 g/mol. The van der Waals surface area contributed by atoms with E-state index in [1.807, 2.05) is 6.20 Å². The van der Waals surface area contributed by atoms with Crippen LogP contribution in [0, 0.1) is 0 Å². The molecule has 71 heavy (non-hydrogen) atoms. The zero-order valence-electron chi connectivity index (χ0n) is 43.7. The molecule has 0 aliphatic carbocycles. The Bertz CT molecular complexity index is 3310. The van der Waals surface area contributed by atoms with Crippen molar-refractivity contribution in [1.29, 1.82) is 0 Å². The lowest BCUT2D eigenvalue weighted by atomic mass is 9.78. The first kappa shape index (κ1) is 46.3. The second-order valence-electron chi connectivity index (χ2n) is 24.2. The first-order valence-corrected chi connectivity index (χ1v) is 25.5. The fourth-order valence-corrected chi connectivity index (χ4v) is 11.1. The molecule has 3 aliphatic rings. The molecule has 11 rings (SSSR count). The summed E-state index contributed by atoms with van der Waals surface area (Å²) < 4.78 is 6.89. The van der Waals surface area contributed by atoms with Crippen LogP contribution in [-0.4, -0.2) is 11.7 Å². The zero-order valence-corrected chi connectivity index (χ0v) is 43.7. The number of rotatable bonds is 7. The summed E-state index contributed by atoms with van der Waals surface area (Å²) in [5.74, 6) is 2.64. The lowest BCUT2D eigenvalue weighted by Gasteiger charge is -2.30. The highest BCUT2D eigenvalue weighted by atomic mass is 16.5. The van der Waals surface area contributed by atoms with Gasteiger partial charge in [0.2, 0.25) is 0 Å². The van der Waals surface area contributed by atoms with E-state index in [0.29, 0.717) is 6.67 Å². The topological polar surface area (TPSA) is 31.8 Å². The molecule has 0 radical (unpaired) electrons. The minimum atomic E-state index is -0.0258. The fraction of sp³-hybridized carbons (Fsp3) is 0.288. The van der Waals surface area contributed by atoms with Crippen molar-refractivity contribution in [3.05, 3.63) is 214 Å². The van der Waals surface area contributed by atoms with E-state index in [-0.39, 0.29) is 33.7 Å². The number of fused-ring (bicyclic) bond motifs is 9. The number of ether oxygens (including phenoxy) is 1. The number of benzene rings is 7. The number of aromatic nitrogens is 1. The van der Waals surface area contributed by atoms with Gasteiger partial charge in [-0.3, -0.25) is 0 Å². The average Bonchev–Trinajstić information content (AvgIpc) is 4.00. The van der Waals surface area contributed by atoms with Crippen LogP contribution in [0.15, 0.2) is 170 Å². The molecular weight excluding hydrogens is 865 g/mol. The maximum absolute atomic E-state index is 6.89. The van der Waals surface area contributed by atoms with Crippen LogP contribution in [0.1, 0.15) is 140 Å². The number of hydrogen-bond acceptors (Lipinski definition) is 5. The molecular formula is C66H68N4O. The van der Waals surface area contributed by atoms with Crippen LogP contribution >= 0.6 is 0 Å². The van der Waals surface area contributed by atoms with E-state index >= 15 is 0 Å². The van der Waals surface area contributed by atoms with Crippen LogP contribution in [-0.2, 0) is 21.7 Å². The van der Waals surface area contributed by atoms with Gasteiger partial charge in [-0.05, 0) is 126 Å². The van der Waals surface area contributed by atoms with Gasteiger partial charge in [-0.1, -0.05) is 192 Å². The van der Waals surface area contributed by atoms with Crippen LogP contribution < -0.4 is 19.4 Å². The van der Waals surface area contributed by atoms with Crippen molar-refractivity contribution in [2.75, 3.05) is 21.4 Å². The summed E-state index contributed by atoms with van der Waals surface area (Å²) in [5, 5.41) is 0. The van der Waals surface area contributed by atoms with Crippen LogP contribution in [0.5, 0.6) is 11.5 Å². The maximum atomic E-state index is 6.89. The van der Waals surface area contributed by atoms with E-state index in [1.54, 1.807) is 0 Å². The third-order valence-electron chi connectivity index (χ3n) is 15.1. The van der Waals surface area contributed by atoms with Gasteiger partial charge in [-0.25, -0.2) is 4.98 Å². The summed E-state index contributed by atoms with van der Waals surface area (Å²) >= 11 is 0. The molecule has 0 saturated carbocycles. The molecule has 5 nitrogen and oxygen atoms in total.